The first-order valence-electron chi connectivity index (χ1n) is 10.4. The number of hydrogen-bond donors (Lipinski definition) is 0. The molecule has 3 heterocycles. The number of methoxy groups -OCH3 is 1. The van der Waals surface area contributed by atoms with Crippen molar-refractivity contribution < 1.29 is 19.1 Å². The Labute approximate surface area is 203 Å². The van der Waals surface area contributed by atoms with E-state index in [0.29, 0.717) is 22.2 Å². The summed E-state index contributed by atoms with van der Waals surface area (Å²) in [5, 5.41) is 0. The lowest BCUT2D eigenvalue weighted by atomic mass is 9.72. The van der Waals surface area contributed by atoms with E-state index in [4.69, 9.17) is 9.47 Å². The lowest BCUT2D eigenvalue weighted by molar-refractivity contribution is -0.161. The van der Waals surface area contributed by atoms with Crippen LogP contribution in [0.25, 0.3) is 6.08 Å². The number of amides is 1. The number of ether oxygens (including phenoxy) is 2. The van der Waals surface area contributed by atoms with Crippen molar-refractivity contribution in [3.63, 3.8) is 0 Å². The van der Waals surface area contributed by atoms with Crippen LogP contribution in [0.15, 0.2) is 39.2 Å². The number of esters is 1. The van der Waals surface area contributed by atoms with Crippen LogP contribution in [0, 0.1) is 9.49 Å². The normalized spacial score (nSPS) is 34.4. The van der Waals surface area contributed by atoms with Gasteiger partial charge in [-0.25, -0.2) is 4.79 Å². The predicted octanol–water partition coefficient (Wildman–Crippen LogP) is 4.83. The van der Waals surface area contributed by atoms with Crippen LogP contribution >= 0.6 is 45.2 Å². The molecule has 5 nitrogen and oxygen atoms in total. The molecule has 7 heteroatoms. The first-order valence-corrected chi connectivity index (χ1v) is 12.5. The molecule has 1 saturated carbocycles. The number of hydrogen-bond acceptors (Lipinski definition) is 4. The number of benzene rings is 1. The summed E-state index contributed by atoms with van der Waals surface area (Å²) in [5.74, 6) is 0.653. The van der Waals surface area contributed by atoms with E-state index in [0.717, 1.165) is 43.4 Å². The summed E-state index contributed by atoms with van der Waals surface area (Å²) in [6.07, 6.45) is 7.26. The predicted molar refractivity (Wildman–Crippen MR) is 130 cm³/mol. The second-order valence-electron chi connectivity index (χ2n) is 8.51. The van der Waals surface area contributed by atoms with Gasteiger partial charge < -0.3 is 14.4 Å². The minimum absolute atomic E-state index is 0.171. The molecule has 1 aromatic carbocycles. The molecule has 4 aliphatic rings. The molecule has 0 bridgehead atoms. The lowest BCUT2D eigenvalue weighted by Gasteiger charge is -2.48. The molecule has 30 heavy (non-hydrogen) atoms. The topological polar surface area (TPSA) is 55.8 Å². The van der Waals surface area contributed by atoms with Gasteiger partial charge in [-0.1, -0.05) is 24.6 Å². The molecule has 3 unspecified atom stereocenters. The Morgan fingerprint density at radius 3 is 2.70 bits per heavy atom. The van der Waals surface area contributed by atoms with E-state index in [1.165, 1.54) is 3.57 Å². The first kappa shape index (κ1) is 20.8. The summed E-state index contributed by atoms with van der Waals surface area (Å²) < 4.78 is 13.9. The van der Waals surface area contributed by atoms with E-state index in [1.807, 2.05) is 27.5 Å². The van der Waals surface area contributed by atoms with Crippen molar-refractivity contribution >= 4 is 63.1 Å². The smallest absolute Gasteiger partial charge is 0.349 e. The second-order valence-corrected chi connectivity index (χ2v) is 10.8. The van der Waals surface area contributed by atoms with E-state index in [9.17, 15) is 9.59 Å². The number of nitrogens with zero attached hydrogens (tertiary/aromatic N) is 1. The Hall–Kier alpha value is -1.10. The molecule has 3 fully saturated rings. The highest BCUT2D eigenvalue weighted by molar-refractivity contribution is 14.1. The summed E-state index contributed by atoms with van der Waals surface area (Å²) in [6.45, 7) is 0.721. The van der Waals surface area contributed by atoms with Crippen molar-refractivity contribution in [2.75, 3.05) is 13.7 Å². The van der Waals surface area contributed by atoms with Gasteiger partial charge in [-0.05, 0) is 100 Å². The van der Waals surface area contributed by atoms with Gasteiger partial charge >= 0.3 is 5.97 Å². The fourth-order valence-electron chi connectivity index (χ4n) is 6.18. The molecule has 5 rings (SSSR count). The van der Waals surface area contributed by atoms with Crippen LogP contribution in [0.3, 0.4) is 0 Å². The molecule has 1 amide bonds. The zero-order valence-electron chi connectivity index (χ0n) is 16.7. The van der Waals surface area contributed by atoms with Crippen LogP contribution in [0.1, 0.15) is 44.1 Å². The van der Waals surface area contributed by atoms with Gasteiger partial charge in [0.1, 0.15) is 3.58 Å². The summed E-state index contributed by atoms with van der Waals surface area (Å²) in [4.78, 5) is 27.9. The average Bonchev–Trinajstić information content (AvgIpc) is 3.22. The third kappa shape index (κ3) is 2.69. The number of carbonyl (C=O) groups is 2. The highest BCUT2D eigenvalue weighted by Crippen LogP contribution is 2.65. The van der Waals surface area contributed by atoms with E-state index in [-0.39, 0.29) is 17.8 Å². The Morgan fingerprint density at radius 1 is 1.20 bits per heavy atom. The van der Waals surface area contributed by atoms with E-state index >= 15 is 0 Å². The van der Waals surface area contributed by atoms with Crippen molar-refractivity contribution in [3.8, 4) is 0 Å². The van der Waals surface area contributed by atoms with Crippen LogP contribution in [0.2, 0.25) is 0 Å². The quantitative estimate of drug-likeness (QED) is 0.347. The van der Waals surface area contributed by atoms with E-state index < -0.39 is 11.1 Å². The first-order chi connectivity index (χ1) is 14.4. The fourth-order valence-corrected chi connectivity index (χ4v) is 7.25. The molecular weight excluding hydrogens is 608 g/mol. The summed E-state index contributed by atoms with van der Waals surface area (Å²) in [5.41, 5.74) is 0.539. The summed E-state index contributed by atoms with van der Waals surface area (Å²) in [7, 11) is 1.61. The van der Waals surface area contributed by atoms with E-state index in [1.54, 1.807) is 7.11 Å². The fraction of sp³-hybridized carbons (Fsp3) is 0.478. The standard InChI is InChI=1S/C23H23I2NO4/c1-29-20-19(25)21(28)30-23(20)16(12-14-5-7-17(24)8-6-14)13-15-4-2-3-11-26-18(27)9-10-22(15,23)26/h5-8,12,15H,2-4,9-11,13H2,1H3/b16-12+. The molecule has 158 valence electrons. The molecule has 1 aliphatic carbocycles. The maximum Gasteiger partial charge on any atom is 0.349 e. The van der Waals surface area contributed by atoms with Gasteiger partial charge in [0.05, 0.1) is 12.6 Å². The summed E-state index contributed by atoms with van der Waals surface area (Å²) >= 11 is 4.34. The Kier molecular flexibility index (Phi) is 5.19. The number of halogens is 2. The van der Waals surface area contributed by atoms with Gasteiger partial charge in [0, 0.05) is 16.5 Å². The van der Waals surface area contributed by atoms with Gasteiger partial charge in [0.2, 0.25) is 11.5 Å². The Bertz CT molecular complexity index is 985. The van der Waals surface area contributed by atoms with Crippen LogP contribution in [-0.2, 0) is 19.1 Å². The summed E-state index contributed by atoms with van der Waals surface area (Å²) in [6, 6.07) is 8.33. The monoisotopic (exact) mass is 631 g/mol. The zero-order valence-corrected chi connectivity index (χ0v) is 21.1. The molecule has 2 saturated heterocycles. The third-order valence-corrected chi connectivity index (χ3v) is 8.90. The average molecular weight is 631 g/mol. The SMILES string of the molecule is COC1=C(I)C(=O)OC12/C(=C/c1ccc(I)cc1)CC1CCCCN3C(=O)CCC132. The van der Waals surface area contributed by atoms with Crippen LogP contribution in [0.5, 0.6) is 0 Å². The molecule has 2 spiro atoms. The zero-order chi connectivity index (χ0) is 21.1. The molecule has 0 N–H and O–H groups in total. The third-order valence-electron chi connectivity index (χ3n) is 7.25. The largest absolute Gasteiger partial charge is 0.495 e. The van der Waals surface area contributed by atoms with Gasteiger partial charge in [-0.2, -0.15) is 0 Å². The molecule has 3 atom stereocenters. The molecular formula is C23H23I2NO4. The highest BCUT2D eigenvalue weighted by Gasteiger charge is 2.75. The number of rotatable bonds is 2. The lowest BCUT2D eigenvalue weighted by Crippen LogP contribution is -2.63. The van der Waals surface area contributed by atoms with Crippen molar-refractivity contribution in [2.24, 2.45) is 5.92 Å². The maximum atomic E-state index is 13.0. The van der Waals surface area contributed by atoms with Crippen LogP contribution < -0.4 is 0 Å². The van der Waals surface area contributed by atoms with E-state index in [2.05, 4.69) is 52.9 Å². The molecule has 0 radical (unpaired) electrons. The minimum atomic E-state index is -1.03. The van der Waals surface area contributed by atoms with Crippen molar-refractivity contribution in [1.82, 2.24) is 4.90 Å². The number of carbonyl (C=O) groups excluding carboxylic acids is 2. The van der Waals surface area contributed by atoms with Gasteiger partial charge in [0.15, 0.2) is 5.76 Å². The van der Waals surface area contributed by atoms with Gasteiger partial charge in [-0.15, -0.1) is 0 Å². The molecule has 3 aliphatic heterocycles. The maximum absolute atomic E-state index is 13.0. The Balaban J connectivity index is 1.76. The highest BCUT2D eigenvalue weighted by atomic mass is 127. The van der Waals surface area contributed by atoms with Crippen LogP contribution in [0.4, 0.5) is 0 Å². The molecule has 0 aromatic heterocycles. The van der Waals surface area contributed by atoms with Crippen LogP contribution in [-0.4, -0.2) is 41.6 Å². The minimum Gasteiger partial charge on any atom is -0.495 e. The molecule has 1 aromatic rings. The second kappa shape index (κ2) is 7.50. The Morgan fingerprint density at radius 2 is 1.97 bits per heavy atom. The van der Waals surface area contributed by atoms with Crippen molar-refractivity contribution in [3.05, 3.63) is 48.3 Å². The van der Waals surface area contributed by atoms with Gasteiger partial charge in [0.25, 0.3) is 0 Å². The van der Waals surface area contributed by atoms with Crippen molar-refractivity contribution in [1.29, 1.82) is 0 Å². The van der Waals surface area contributed by atoms with Gasteiger partial charge in [-0.3, -0.25) is 4.79 Å². The van der Waals surface area contributed by atoms with Crippen molar-refractivity contribution in [2.45, 2.75) is 49.7 Å².